The molecule has 0 aliphatic carbocycles. The summed E-state index contributed by atoms with van der Waals surface area (Å²) in [4.78, 5) is 26.0. The third-order valence-electron chi connectivity index (χ3n) is 4.61. The molecule has 1 saturated heterocycles. The van der Waals surface area contributed by atoms with Crippen molar-refractivity contribution in [2.45, 2.75) is 32.7 Å². The molecule has 2 N–H and O–H groups in total. The van der Waals surface area contributed by atoms with Crippen LogP contribution in [0, 0.1) is 11.7 Å². The average molecular weight is 379 g/mol. The van der Waals surface area contributed by atoms with Gasteiger partial charge in [-0.15, -0.1) is 0 Å². The third-order valence-corrected chi connectivity index (χ3v) is 4.61. The second kappa shape index (κ2) is 11.0. The van der Waals surface area contributed by atoms with E-state index >= 15 is 0 Å². The fourth-order valence-corrected chi connectivity index (χ4v) is 3.02. The molecule has 2 rings (SSSR count). The predicted octanol–water partition coefficient (Wildman–Crippen LogP) is 1.87. The maximum atomic E-state index is 13.7. The van der Waals surface area contributed by atoms with Crippen LogP contribution in [0.3, 0.4) is 0 Å². The molecular formula is C20H30FN3O3. The molecule has 0 aromatic heterocycles. The summed E-state index contributed by atoms with van der Waals surface area (Å²) >= 11 is 0. The molecule has 150 valence electrons. The van der Waals surface area contributed by atoms with E-state index in [-0.39, 0.29) is 30.2 Å². The van der Waals surface area contributed by atoms with Crippen LogP contribution in [0.1, 0.15) is 38.3 Å². The quantitative estimate of drug-likeness (QED) is 0.687. The monoisotopic (exact) mass is 379 g/mol. The minimum absolute atomic E-state index is 0.0457. The van der Waals surface area contributed by atoms with Crippen molar-refractivity contribution in [1.29, 1.82) is 0 Å². The highest BCUT2D eigenvalue weighted by molar-refractivity contribution is 5.84. The normalized spacial score (nSPS) is 16.1. The molecule has 0 saturated carbocycles. The number of hydrogen-bond acceptors (Lipinski definition) is 4. The van der Waals surface area contributed by atoms with E-state index in [9.17, 15) is 14.0 Å². The van der Waals surface area contributed by atoms with Crippen molar-refractivity contribution in [3.8, 4) is 0 Å². The van der Waals surface area contributed by atoms with Crippen LogP contribution in [-0.4, -0.2) is 56.1 Å². The lowest BCUT2D eigenvalue weighted by atomic mass is 10.0. The first kappa shape index (κ1) is 21.3. The maximum Gasteiger partial charge on any atom is 0.239 e. The topological polar surface area (TPSA) is 70.7 Å². The Morgan fingerprint density at radius 2 is 1.93 bits per heavy atom. The highest BCUT2D eigenvalue weighted by Gasteiger charge is 2.23. The molecule has 0 radical (unpaired) electrons. The number of hydrogen-bond donors (Lipinski definition) is 2. The Bertz CT molecular complexity index is 618. The fraction of sp³-hybridized carbons (Fsp3) is 0.600. The number of nitrogens with one attached hydrogen (secondary N) is 2. The van der Waals surface area contributed by atoms with E-state index in [0.717, 1.165) is 25.1 Å². The highest BCUT2D eigenvalue weighted by Crippen LogP contribution is 2.22. The zero-order chi connectivity index (χ0) is 19.6. The van der Waals surface area contributed by atoms with E-state index in [0.29, 0.717) is 32.1 Å². The molecule has 1 aliphatic heterocycles. The van der Waals surface area contributed by atoms with Crippen LogP contribution in [0.2, 0.25) is 0 Å². The molecule has 27 heavy (non-hydrogen) atoms. The molecular weight excluding hydrogens is 349 g/mol. The van der Waals surface area contributed by atoms with E-state index in [2.05, 4.69) is 29.4 Å². The molecule has 1 aromatic carbocycles. The van der Waals surface area contributed by atoms with Gasteiger partial charge in [-0.1, -0.05) is 26.0 Å². The van der Waals surface area contributed by atoms with Crippen LogP contribution in [0.4, 0.5) is 4.39 Å². The molecule has 6 nitrogen and oxygen atoms in total. The molecule has 0 bridgehead atoms. The zero-order valence-electron chi connectivity index (χ0n) is 16.2. The predicted molar refractivity (Wildman–Crippen MR) is 102 cm³/mol. The number of amides is 2. The summed E-state index contributed by atoms with van der Waals surface area (Å²) in [5.41, 5.74) is 0.818. The first-order chi connectivity index (χ1) is 13.0. The Hall–Kier alpha value is -1.99. The molecule has 1 aromatic rings. The van der Waals surface area contributed by atoms with Gasteiger partial charge in [0.15, 0.2) is 0 Å². The number of benzene rings is 1. The van der Waals surface area contributed by atoms with Gasteiger partial charge in [-0.25, -0.2) is 4.39 Å². The highest BCUT2D eigenvalue weighted by atomic mass is 19.1. The molecule has 1 aliphatic rings. The molecule has 1 fully saturated rings. The second-order valence-electron chi connectivity index (χ2n) is 7.23. The smallest absolute Gasteiger partial charge is 0.239 e. The number of nitrogens with zero attached hydrogens (tertiary/aromatic N) is 1. The average Bonchev–Trinajstić information content (AvgIpc) is 2.66. The summed E-state index contributed by atoms with van der Waals surface area (Å²) in [5.74, 6) is -0.212. The van der Waals surface area contributed by atoms with Crippen LogP contribution >= 0.6 is 0 Å². The molecule has 0 spiro atoms. The van der Waals surface area contributed by atoms with Gasteiger partial charge in [0.1, 0.15) is 5.82 Å². The van der Waals surface area contributed by atoms with Crippen LogP contribution in [0.25, 0.3) is 0 Å². The Morgan fingerprint density at radius 3 is 2.59 bits per heavy atom. The third kappa shape index (κ3) is 7.64. The molecule has 2 amide bonds. The van der Waals surface area contributed by atoms with E-state index in [4.69, 9.17) is 4.74 Å². The second-order valence-corrected chi connectivity index (χ2v) is 7.23. The Balaban J connectivity index is 1.87. The number of halogens is 1. The molecule has 1 unspecified atom stereocenters. The van der Waals surface area contributed by atoms with E-state index < -0.39 is 0 Å². The largest absolute Gasteiger partial charge is 0.379 e. The van der Waals surface area contributed by atoms with E-state index in [1.165, 1.54) is 12.1 Å². The number of ether oxygens (including phenoxy) is 1. The first-order valence-corrected chi connectivity index (χ1v) is 9.56. The summed E-state index contributed by atoms with van der Waals surface area (Å²) in [6.45, 7) is 7.10. The lowest BCUT2D eigenvalue weighted by Crippen LogP contribution is -2.45. The molecule has 1 heterocycles. The van der Waals surface area contributed by atoms with Gasteiger partial charge in [0.25, 0.3) is 0 Å². The van der Waals surface area contributed by atoms with Crippen LogP contribution < -0.4 is 10.6 Å². The Labute approximate surface area is 160 Å². The summed E-state index contributed by atoms with van der Waals surface area (Å²) in [5, 5.41) is 5.51. The minimum Gasteiger partial charge on any atom is -0.379 e. The van der Waals surface area contributed by atoms with Gasteiger partial charge < -0.3 is 15.4 Å². The number of rotatable bonds is 9. The lowest BCUT2D eigenvalue weighted by Gasteiger charge is -2.35. The Kier molecular flexibility index (Phi) is 8.67. The van der Waals surface area contributed by atoms with Gasteiger partial charge in [0.05, 0.1) is 25.8 Å². The van der Waals surface area contributed by atoms with Crippen LogP contribution in [0.5, 0.6) is 0 Å². The van der Waals surface area contributed by atoms with Crippen molar-refractivity contribution in [2.75, 3.05) is 39.4 Å². The van der Waals surface area contributed by atoms with Gasteiger partial charge in [-0.3, -0.25) is 14.5 Å². The zero-order valence-corrected chi connectivity index (χ0v) is 16.2. The lowest BCUT2D eigenvalue weighted by molar-refractivity contribution is -0.126. The van der Waals surface area contributed by atoms with Crippen molar-refractivity contribution in [1.82, 2.24) is 15.5 Å². The summed E-state index contributed by atoms with van der Waals surface area (Å²) < 4.78 is 19.0. The van der Waals surface area contributed by atoms with Gasteiger partial charge in [0, 0.05) is 26.1 Å². The van der Waals surface area contributed by atoms with Crippen molar-refractivity contribution >= 4 is 11.8 Å². The van der Waals surface area contributed by atoms with Crippen molar-refractivity contribution in [3.63, 3.8) is 0 Å². The SMILES string of the molecule is CC(C)CCC(=O)NCC(=O)NCC(c1cccc(F)c1)N1CCOCC1. The van der Waals surface area contributed by atoms with Gasteiger partial charge >= 0.3 is 0 Å². The van der Waals surface area contributed by atoms with E-state index in [1.807, 2.05) is 6.07 Å². The van der Waals surface area contributed by atoms with Crippen LogP contribution in [-0.2, 0) is 14.3 Å². The van der Waals surface area contributed by atoms with Gasteiger partial charge in [-0.2, -0.15) is 0 Å². The van der Waals surface area contributed by atoms with Gasteiger partial charge in [-0.05, 0) is 30.0 Å². The number of carbonyl (C=O) groups excluding carboxylic acids is 2. The van der Waals surface area contributed by atoms with Crippen molar-refractivity contribution < 1.29 is 18.7 Å². The fourth-order valence-electron chi connectivity index (χ4n) is 3.02. The standard InChI is InChI=1S/C20H30FN3O3/c1-15(2)6-7-19(25)23-14-20(26)22-13-18(24-8-10-27-11-9-24)16-4-3-5-17(21)12-16/h3-5,12,15,18H,6-11,13-14H2,1-2H3,(H,22,26)(H,23,25). The van der Waals surface area contributed by atoms with Crippen LogP contribution in [0.15, 0.2) is 24.3 Å². The maximum absolute atomic E-state index is 13.7. The summed E-state index contributed by atoms with van der Waals surface area (Å²) in [7, 11) is 0. The summed E-state index contributed by atoms with van der Waals surface area (Å²) in [6, 6.07) is 6.31. The Morgan fingerprint density at radius 1 is 1.19 bits per heavy atom. The molecule has 7 heteroatoms. The van der Waals surface area contributed by atoms with Gasteiger partial charge in [0.2, 0.25) is 11.8 Å². The van der Waals surface area contributed by atoms with E-state index in [1.54, 1.807) is 6.07 Å². The number of morpholine rings is 1. The van der Waals surface area contributed by atoms with Crippen molar-refractivity contribution in [3.05, 3.63) is 35.6 Å². The molecule has 1 atom stereocenters. The number of carbonyl (C=O) groups is 2. The summed E-state index contributed by atoms with van der Waals surface area (Å²) in [6.07, 6.45) is 1.22. The first-order valence-electron chi connectivity index (χ1n) is 9.56. The minimum atomic E-state index is -0.297. The van der Waals surface area contributed by atoms with Crippen molar-refractivity contribution in [2.24, 2.45) is 5.92 Å².